The Bertz CT molecular complexity index is 1240. The van der Waals surface area contributed by atoms with Crippen molar-refractivity contribution < 1.29 is 13.6 Å². The van der Waals surface area contributed by atoms with Crippen LogP contribution in [0.4, 0.5) is 14.7 Å². The first-order chi connectivity index (χ1) is 15.5. The maximum Gasteiger partial charge on any atom is 0.274 e. The van der Waals surface area contributed by atoms with Gasteiger partial charge in [-0.15, -0.1) is 5.10 Å². The van der Waals surface area contributed by atoms with Crippen molar-refractivity contribution >= 4 is 17.9 Å². The smallest absolute Gasteiger partial charge is 0.274 e. The van der Waals surface area contributed by atoms with Crippen LogP contribution in [0.15, 0.2) is 78.9 Å². The number of aryl methyl sites for hydroxylation is 1. The molecule has 3 aromatic carbocycles. The number of rotatable bonds is 6. The number of hydrogen-bond donors (Lipinski definition) is 1. The number of nitrogens with one attached hydrogen (secondary N) is 1. The number of aromatic nitrogens is 3. The Hall–Kier alpha value is -4.13. The molecule has 0 atom stereocenters. The second-order valence-electron chi connectivity index (χ2n) is 7.24. The summed E-state index contributed by atoms with van der Waals surface area (Å²) in [4.78, 5) is 17.4. The van der Waals surface area contributed by atoms with Crippen LogP contribution in [0.3, 0.4) is 0 Å². The van der Waals surface area contributed by atoms with Crippen LogP contribution in [0.1, 0.15) is 21.5 Å². The van der Waals surface area contributed by atoms with Crippen molar-refractivity contribution in [1.29, 1.82) is 0 Å². The highest BCUT2D eigenvalue weighted by Gasteiger charge is 2.15. The second-order valence-corrected chi connectivity index (χ2v) is 7.24. The zero-order chi connectivity index (χ0) is 22.5. The fraction of sp³-hybridized carbons (Fsp3) is 0.0800. The van der Waals surface area contributed by atoms with Crippen LogP contribution >= 0.6 is 0 Å². The van der Waals surface area contributed by atoms with Crippen molar-refractivity contribution in [2.75, 3.05) is 5.32 Å². The van der Waals surface area contributed by atoms with Gasteiger partial charge in [-0.05, 0) is 48.4 Å². The molecule has 0 unspecified atom stereocenters. The minimum atomic E-state index is -0.415. The number of allylic oxidation sites excluding steroid dienone is 1. The third kappa shape index (κ3) is 5.13. The Labute approximate surface area is 184 Å². The van der Waals surface area contributed by atoms with Crippen LogP contribution in [-0.2, 0) is 6.54 Å². The summed E-state index contributed by atoms with van der Waals surface area (Å²) in [5.74, 6) is -0.421. The van der Waals surface area contributed by atoms with Gasteiger partial charge in [0.2, 0.25) is 5.95 Å². The van der Waals surface area contributed by atoms with Gasteiger partial charge in [0.05, 0.1) is 0 Å². The summed E-state index contributed by atoms with van der Waals surface area (Å²) in [5, 5.41) is 7.48. The van der Waals surface area contributed by atoms with Gasteiger partial charge in [-0.25, -0.2) is 8.78 Å². The van der Waals surface area contributed by atoms with E-state index in [4.69, 9.17) is 0 Å². The summed E-state index contributed by atoms with van der Waals surface area (Å²) < 4.78 is 27.4. The molecule has 4 aromatic rings. The molecule has 160 valence electrons. The first-order valence-corrected chi connectivity index (χ1v) is 9.98. The van der Waals surface area contributed by atoms with E-state index in [1.54, 1.807) is 30.3 Å². The number of carbonyl (C=O) groups is 1. The molecular weight excluding hydrogens is 410 g/mol. The topological polar surface area (TPSA) is 59.8 Å². The van der Waals surface area contributed by atoms with E-state index in [9.17, 15) is 13.6 Å². The summed E-state index contributed by atoms with van der Waals surface area (Å²) in [6.45, 7) is 2.32. The van der Waals surface area contributed by atoms with Gasteiger partial charge in [0.1, 0.15) is 11.6 Å². The van der Waals surface area contributed by atoms with Crippen molar-refractivity contribution in [1.82, 2.24) is 14.8 Å². The molecule has 5 nitrogen and oxygen atoms in total. The number of hydrogen-bond acceptors (Lipinski definition) is 4. The van der Waals surface area contributed by atoms with Crippen LogP contribution < -0.4 is 5.32 Å². The highest BCUT2D eigenvalue weighted by molar-refractivity contribution is 5.94. The fourth-order valence-corrected chi connectivity index (χ4v) is 3.00. The lowest BCUT2D eigenvalue weighted by Crippen LogP contribution is -2.14. The van der Waals surface area contributed by atoms with E-state index in [1.165, 1.54) is 35.0 Å². The highest BCUT2D eigenvalue weighted by atomic mass is 19.1. The average Bonchev–Trinajstić information content (AvgIpc) is 3.23. The molecule has 0 saturated carbocycles. The summed E-state index contributed by atoms with van der Waals surface area (Å²) in [5.41, 5.74) is 3.38. The Balaban J connectivity index is 1.61. The predicted molar refractivity (Wildman–Crippen MR) is 120 cm³/mol. The monoisotopic (exact) mass is 430 g/mol. The molecule has 0 amide bonds. The molecule has 0 bridgehead atoms. The standard InChI is InChI=1S/C25H20F2N4O/c1-17-2-9-20(10-3-17)24-29-25(28-16-19-6-13-22(27)14-7-19)31(30-24)23(32)15-8-18-4-11-21(26)12-5-18/h2-15H,16H2,1H3,(H,28,29,30). The van der Waals surface area contributed by atoms with Crippen LogP contribution in [0.2, 0.25) is 0 Å². The lowest BCUT2D eigenvalue weighted by molar-refractivity contribution is 0.0957. The van der Waals surface area contributed by atoms with Gasteiger partial charge in [0.15, 0.2) is 5.82 Å². The number of benzene rings is 3. The van der Waals surface area contributed by atoms with Crippen LogP contribution in [0.5, 0.6) is 0 Å². The lowest BCUT2D eigenvalue weighted by atomic mass is 10.1. The van der Waals surface area contributed by atoms with Gasteiger partial charge in [-0.3, -0.25) is 4.79 Å². The van der Waals surface area contributed by atoms with E-state index in [0.29, 0.717) is 17.9 Å². The molecule has 0 spiro atoms. The van der Waals surface area contributed by atoms with Crippen molar-refractivity contribution in [2.45, 2.75) is 13.5 Å². The van der Waals surface area contributed by atoms with E-state index in [0.717, 1.165) is 16.7 Å². The van der Waals surface area contributed by atoms with Gasteiger partial charge < -0.3 is 5.32 Å². The Morgan fingerprint density at radius 2 is 1.56 bits per heavy atom. The molecule has 0 aliphatic heterocycles. The SMILES string of the molecule is Cc1ccc(-c2nc(NCc3ccc(F)cc3)n(C(=O)C=Cc3ccc(F)cc3)n2)cc1. The Morgan fingerprint density at radius 1 is 0.938 bits per heavy atom. The van der Waals surface area contributed by atoms with Crippen molar-refractivity contribution in [2.24, 2.45) is 0 Å². The third-order valence-corrected chi connectivity index (χ3v) is 4.78. The quantitative estimate of drug-likeness (QED) is 0.411. The van der Waals surface area contributed by atoms with Crippen molar-refractivity contribution in [3.8, 4) is 11.4 Å². The van der Waals surface area contributed by atoms with Gasteiger partial charge in [-0.2, -0.15) is 9.67 Å². The Morgan fingerprint density at radius 3 is 2.22 bits per heavy atom. The molecule has 0 fully saturated rings. The number of nitrogens with zero attached hydrogens (tertiary/aromatic N) is 3. The highest BCUT2D eigenvalue weighted by Crippen LogP contribution is 2.19. The van der Waals surface area contributed by atoms with Crippen molar-refractivity contribution in [3.05, 3.63) is 107 Å². The van der Waals surface area contributed by atoms with E-state index >= 15 is 0 Å². The number of carbonyl (C=O) groups excluding carboxylic acids is 1. The van der Waals surface area contributed by atoms with E-state index in [1.807, 2.05) is 31.2 Å². The first kappa shape index (κ1) is 21.1. The third-order valence-electron chi connectivity index (χ3n) is 4.78. The van der Waals surface area contributed by atoms with Crippen molar-refractivity contribution in [3.63, 3.8) is 0 Å². The predicted octanol–water partition coefficient (Wildman–Crippen LogP) is 5.50. The summed E-state index contributed by atoms with van der Waals surface area (Å²) in [7, 11) is 0. The van der Waals surface area contributed by atoms with Gasteiger partial charge in [0, 0.05) is 18.2 Å². The van der Waals surface area contributed by atoms with Crippen LogP contribution in [0.25, 0.3) is 17.5 Å². The van der Waals surface area contributed by atoms with E-state index in [-0.39, 0.29) is 17.6 Å². The summed E-state index contributed by atoms with van der Waals surface area (Å²) in [6.07, 6.45) is 2.93. The molecular formula is C25H20F2N4O. The molecule has 32 heavy (non-hydrogen) atoms. The molecule has 7 heteroatoms. The van der Waals surface area contributed by atoms with E-state index in [2.05, 4.69) is 15.4 Å². The number of anilines is 1. The molecule has 1 heterocycles. The van der Waals surface area contributed by atoms with Crippen LogP contribution in [0, 0.1) is 18.6 Å². The second kappa shape index (κ2) is 9.34. The molecule has 0 aliphatic rings. The van der Waals surface area contributed by atoms with Gasteiger partial charge >= 0.3 is 0 Å². The largest absolute Gasteiger partial charge is 0.350 e. The fourth-order valence-electron chi connectivity index (χ4n) is 3.00. The Kier molecular flexibility index (Phi) is 6.17. The maximum absolute atomic E-state index is 13.2. The molecule has 1 aromatic heterocycles. The zero-order valence-electron chi connectivity index (χ0n) is 17.3. The summed E-state index contributed by atoms with van der Waals surface area (Å²) in [6, 6.07) is 19.5. The van der Waals surface area contributed by atoms with Gasteiger partial charge in [-0.1, -0.05) is 54.1 Å². The minimum absolute atomic E-state index is 0.263. The zero-order valence-corrected chi connectivity index (χ0v) is 17.3. The molecule has 4 rings (SSSR count). The van der Waals surface area contributed by atoms with Gasteiger partial charge in [0.25, 0.3) is 5.91 Å². The van der Waals surface area contributed by atoms with E-state index < -0.39 is 5.91 Å². The normalized spacial score (nSPS) is 11.1. The average molecular weight is 430 g/mol. The molecule has 1 N–H and O–H groups in total. The lowest BCUT2D eigenvalue weighted by Gasteiger charge is -2.06. The molecule has 0 aliphatic carbocycles. The molecule has 0 saturated heterocycles. The molecule has 0 radical (unpaired) electrons. The minimum Gasteiger partial charge on any atom is -0.350 e. The number of halogens is 2. The van der Waals surface area contributed by atoms with Crippen LogP contribution in [-0.4, -0.2) is 20.7 Å². The first-order valence-electron chi connectivity index (χ1n) is 9.98. The maximum atomic E-state index is 13.2. The summed E-state index contributed by atoms with van der Waals surface area (Å²) >= 11 is 0.